The molecule has 0 saturated heterocycles. The Hall–Kier alpha value is -2.04. The second-order valence-corrected chi connectivity index (χ2v) is 8.43. The van der Waals surface area contributed by atoms with E-state index in [0.717, 1.165) is 43.0 Å². The molecule has 0 spiro atoms. The quantitative estimate of drug-likeness (QED) is 0.707. The van der Waals surface area contributed by atoms with Gasteiger partial charge >= 0.3 is 0 Å². The van der Waals surface area contributed by atoms with Crippen molar-refractivity contribution in [1.82, 2.24) is 4.90 Å². The maximum Gasteiger partial charge on any atom is 0.127 e. The summed E-state index contributed by atoms with van der Waals surface area (Å²) < 4.78 is 12.9. The Morgan fingerprint density at radius 1 is 1.10 bits per heavy atom. The van der Waals surface area contributed by atoms with Crippen molar-refractivity contribution in [3.05, 3.63) is 58.1 Å². The van der Waals surface area contributed by atoms with Gasteiger partial charge in [0.15, 0.2) is 0 Å². The average molecular weight is 398 g/mol. The van der Waals surface area contributed by atoms with E-state index in [1.807, 2.05) is 18.2 Å². The van der Waals surface area contributed by atoms with E-state index in [1.165, 1.54) is 22.3 Å². The molecule has 2 aromatic carbocycles. The summed E-state index contributed by atoms with van der Waals surface area (Å²) in [7, 11) is 0. The number of hydrogen-bond donors (Lipinski definition) is 1. The van der Waals surface area contributed by atoms with Gasteiger partial charge in [0.2, 0.25) is 0 Å². The molecule has 0 aliphatic carbocycles. The molecule has 1 aliphatic rings. The van der Waals surface area contributed by atoms with Crippen molar-refractivity contribution < 1.29 is 14.6 Å². The molecule has 1 heterocycles. The molecule has 1 unspecified atom stereocenters. The molecule has 2 aromatic rings. The predicted octanol–water partition coefficient (Wildman–Crippen LogP) is 4.59. The van der Waals surface area contributed by atoms with Gasteiger partial charge in [-0.15, -0.1) is 0 Å². The van der Waals surface area contributed by atoms with Crippen LogP contribution in [-0.2, 0) is 13.0 Å². The monoisotopic (exact) mass is 397 g/mol. The summed E-state index contributed by atoms with van der Waals surface area (Å²) in [5.41, 5.74) is 5.74. The fourth-order valence-electron chi connectivity index (χ4n) is 4.30. The highest BCUT2D eigenvalue weighted by Gasteiger charge is 2.36. The summed E-state index contributed by atoms with van der Waals surface area (Å²) >= 11 is 0. The molecule has 0 radical (unpaired) electrons. The summed E-state index contributed by atoms with van der Waals surface area (Å²) in [6.07, 6.45) is 1.94. The maximum atomic E-state index is 9.32. The van der Waals surface area contributed by atoms with E-state index in [2.05, 4.69) is 51.7 Å². The average Bonchev–Trinajstić information content (AvgIpc) is 2.72. The van der Waals surface area contributed by atoms with Crippen LogP contribution >= 0.6 is 0 Å². The van der Waals surface area contributed by atoms with Crippen molar-refractivity contribution in [2.75, 3.05) is 26.2 Å². The van der Waals surface area contributed by atoms with E-state index in [1.54, 1.807) is 0 Å². The fourth-order valence-corrected chi connectivity index (χ4v) is 4.30. The minimum atomic E-state index is -0.242. The summed E-state index contributed by atoms with van der Waals surface area (Å²) in [6, 6.07) is 10.3. The lowest BCUT2D eigenvalue weighted by Crippen LogP contribution is -2.48. The maximum absolute atomic E-state index is 9.32. The Balaban J connectivity index is 1.84. The highest BCUT2D eigenvalue weighted by Crippen LogP contribution is 2.44. The summed E-state index contributed by atoms with van der Waals surface area (Å²) in [6.45, 7) is 13.9. The molecule has 0 amide bonds. The van der Waals surface area contributed by atoms with E-state index < -0.39 is 0 Å². The second-order valence-electron chi connectivity index (χ2n) is 8.43. The number of aliphatic hydroxyl groups excluding tert-OH is 1. The molecule has 1 aliphatic heterocycles. The first kappa shape index (κ1) is 21.7. The number of rotatable bonds is 8. The molecule has 29 heavy (non-hydrogen) atoms. The van der Waals surface area contributed by atoms with Crippen LogP contribution in [-0.4, -0.2) is 41.8 Å². The van der Waals surface area contributed by atoms with Crippen molar-refractivity contribution in [3.8, 4) is 11.5 Å². The van der Waals surface area contributed by atoms with Gasteiger partial charge < -0.3 is 14.6 Å². The van der Waals surface area contributed by atoms with Gasteiger partial charge in [0, 0.05) is 18.7 Å². The number of ether oxygens (including phenoxy) is 2. The van der Waals surface area contributed by atoms with Crippen LogP contribution < -0.4 is 9.47 Å². The van der Waals surface area contributed by atoms with Crippen LogP contribution in [0.15, 0.2) is 30.3 Å². The van der Waals surface area contributed by atoms with Crippen molar-refractivity contribution in [2.24, 2.45) is 0 Å². The smallest absolute Gasteiger partial charge is 0.127 e. The van der Waals surface area contributed by atoms with Crippen LogP contribution in [0.4, 0.5) is 0 Å². The molecule has 0 saturated carbocycles. The molecule has 1 N–H and O–H groups in total. The van der Waals surface area contributed by atoms with E-state index in [4.69, 9.17) is 9.47 Å². The first-order valence-corrected chi connectivity index (χ1v) is 10.7. The number of benzene rings is 2. The third-order valence-electron chi connectivity index (χ3n) is 6.21. The molecule has 1 atom stereocenters. The number of hydrogen-bond acceptors (Lipinski definition) is 4. The van der Waals surface area contributed by atoms with Crippen molar-refractivity contribution in [1.29, 1.82) is 0 Å². The normalized spacial score (nSPS) is 18.4. The molecule has 4 nitrogen and oxygen atoms in total. The molecule has 4 heteroatoms. The summed E-state index contributed by atoms with van der Waals surface area (Å²) in [5.74, 6) is 2.02. The third kappa shape index (κ3) is 4.76. The van der Waals surface area contributed by atoms with Crippen LogP contribution in [0.2, 0.25) is 0 Å². The zero-order valence-electron chi connectivity index (χ0n) is 18.5. The summed E-state index contributed by atoms with van der Waals surface area (Å²) in [4.78, 5) is 2.26. The van der Waals surface area contributed by atoms with Crippen LogP contribution in [0.3, 0.4) is 0 Å². The molecular weight excluding hydrogens is 362 g/mol. The van der Waals surface area contributed by atoms with E-state index in [0.29, 0.717) is 13.2 Å². The summed E-state index contributed by atoms with van der Waals surface area (Å²) in [5, 5.41) is 9.32. The molecular formula is C25H35NO3. The van der Waals surface area contributed by atoms with Crippen LogP contribution in [0.1, 0.15) is 48.1 Å². The highest BCUT2D eigenvalue weighted by atomic mass is 16.5. The van der Waals surface area contributed by atoms with Gasteiger partial charge in [-0.1, -0.05) is 37.3 Å². The number of aliphatic hydroxyl groups is 1. The number of nitrogens with zero attached hydrogens (tertiary/aromatic N) is 1. The van der Waals surface area contributed by atoms with Gasteiger partial charge in [0.25, 0.3) is 0 Å². The minimum Gasteiger partial charge on any atom is -0.488 e. The van der Waals surface area contributed by atoms with Gasteiger partial charge in [-0.25, -0.2) is 0 Å². The Morgan fingerprint density at radius 3 is 2.48 bits per heavy atom. The lowest BCUT2D eigenvalue weighted by atomic mass is 9.86. The van der Waals surface area contributed by atoms with Gasteiger partial charge in [-0.2, -0.15) is 0 Å². The van der Waals surface area contributed by atoms with Crippen molar-refractivity contribution in [3.63, 3.8) is 0 Å². The third-order valence-corrected chi connectivity index (χ3v) is 6.21. The molecule has 3 rings (SSSR count). The van der Waals surface area contributed by atoms with Gasteiger partial charge in [-0.3, -0.25) is 4.90 Å². The van der Waals surface area contributed by atoms with E-state index >= 15 is 0 Å². The largest absolute Gasteiger partial charge is 0.488 e. The van der Waals surface area contributed by atoms with Crippen LogP contribution in [0, 0.1) is 20.8 Å². The standard InChI is InChI=1S/C25H35NO3/c1-6-26(14-15-27)17-25(5)13-12-22-20(4)23(18(2)19(3)24(22)29-25)28-16-21-10-8-7-9-11-21/h7-11,27H,6,12-17H2,1-5H3. The van der Waals surface area contributed by atoms with Crippen molar-refractivity contribution >= 4 is 0 Å². The van der Waals surface area contributed by atoms with E-state index in [9.17, 15) is 5.11 Å². The lowest BCUT2D eigenvalue weighted by molar-refractivity contribution is 0.0213. The van der Waals surface area contributed by atoms with Crippen LogP contribution in [0.5, 0.6) is 11.5 Å². The molecule has 0 fully saturated rings. The van der Waals surface area contributed by atoms with Crippen molar-refractivity contribution in [2.45, 2.75) is 59.7 Å². The minimum absolute atomic E-state index is 0.180. The Bertz CT molecular complexity index is 834. The van der Waals surface area contributed by atoms with Gasteiger partial charge in [0.1, 0.15) is 23.7 Å². The number of fused-ring (bicyclic) bond motifs is 1. The molecule has 0 bridgehead atoms. The number of likely N-dealkylation sites (N-methyl/N-ethyl adjacent to an activating group) is 1. The Kier molecular flexibility index (Phi) is 6.86. The van der Waals surface area contributed by atoms with Gasteiger partial charge in [0.05, 0.1) is 6.61 Å². The zero-order valence-corrected chi connectivity index (χ0v) is 18.5. The highest BCUT2D eigenvalue weighted by molar-refractivity contribution is 5.59. The Morgan fingerprint density at radius 2 is 1.83 bits per heavy atom. The second kappa shape index (κ2) is 9.19. The zero-order chi connectivity index (χ0) is 21.0. The first-order valence-electron chi connectivity index (χ1n) is 10.7. The first-order chi connectivity index (χ1) is 13.9. The Labute approximate surface area is 175 Å². The fraction of sp³-hybridized carbons (Fsp3) is 0.520. The predicted molar refractivity (Wildman–Crippen MR) is 118 cm³/mol. The van der Waals surface area contributed by atoms with E-state index in [-0.39, 0.29) is 12.2 Å². The SMILES string of the molecule is CCN(CCO)CC1(C)CCc2c(C)c(OCc3ccccc3)c(C)c(C)c2O1. The molecule has 158 valence electrons. The molecule has 0 aromatic heterocycles. The topological polar surface area (TPSA) is 41.9 Å². The van der Waals surface area contributed by atoms with Crippen LogP contribution in [0.25, 0.3) is 0 Å². The van der Waals surface area contributed by atoms with Gasteiger partial charge in [-0.05, 0) is 69.3 Å². The lowest BCUT2D eigenvalue weighted by Gasteiger charge is -2.41.